The van der Waals surface area contributed by atoms with Crippen molar-refractivity contribution in [1.29, 1.82) is 0 Å². The molecule has 6 heteroatoms. The lowest BCUT2D eigenvalue weighted by Crippen LogP contribution is -2.41. The Morgan fingerprint density at radius 3 is 2.45 bits per heavy atom. The Kier molecular flexibility index (Phi) is 3.91. The van der Waals surface area contributed by atoms with Crippen LogP contribution in [0.15, 0.2) is 23.9 Å². The molecular weight excluding hydrogens is 255 g/mol. The largest absolute Gasteiger partial charge is 0.492 e. The van der Waals surface area contributed by atoms with Gasteiger partial charge >= 0.3 is 7.12 Å². The zero-order chi connectivity index (χ0) is 15.0. The van der Waals surface area contributed by atoms with E-state index in [1.165, 1.54) is 0 Å². The molecule has 1 aliphatic heterocycles. The molecule has 3 N–H and O–H groups in total. The molecule has 1 aliphatic rings. The van der Waals surface area contributed by atoms with E-state index in [0.29, 0.717) is 11.2 Å². The highest BCUT2D eigenvalue weighted by atomic mass is 16.7. The van der Waals surface area contributed by atoms with Crippen LogP contribution in [0.2, 0.25) is 0 Å². The molecule has 0 radical (unpaired) electrons. The van der Waals surface area contributed by atoms with Gasteiger partial charge in [-0.05, 0) is 44.8 Å². The summed E-state index contributed by atoms with van der Waals surface area (Å²) >= 11 is 0. The number of pyridine rings is 1. The number of nitrogens with two attached hydrogens (primary N) is 1. The molecular formula is C14H21BN2O3. The summed E-state index contributed by atoms with van der Waals surface area (Å²) in [5, 5.41) is 9.59. The number of nitrogen functional groups attached to an aromatic ring is 1. The van der Waals surface area contributed by atoms with Crippen molar-refractivity contribution in [2.24, 2.45) is 0 Å². The van der Waals surface area contributed by atoms with Crippen LogP contribution >= 0.6 is 0 Å². The Bertz CT molecular complexity index is 513. The zero-order valence-electron chi connectivity index (χ0n) is 12.4. The van der Waals surface area contributed by atoms with E-state index in [2.05, 4.69) is 4.98 Å². The van der Waals surface area contributed by atoms with Crippen molar-refractivity contribution in [3.8, 4) is 0 Å². The fraction of sp³-hybridized carbons (Fsp3) is 0.500. The van der Waals surface area contributed by atoms with E-state index in [-0.39, 0.29) is 6.61 Å². The van der Waals surface area contributed by atoms with Gasteiger partial charge in [-0.15, -0.1) is 0 Å². The smallest absolute Gasteiger partial charge is 0.400 e. The maximum atomic E-state index is 9.59. The molecule has 2 heterocycles. The van der Waals surface area contributed by atoms with Gasteiger partial charge < -0.3 is 20.1 Å². The number of nitrogens with zero attached hydrogens (tertiary/aromatic N) is 1. The molecule has 0 spiro atoms. The minimum Gasteiger partial charge on any atom is -0.400 e. The van der Waals surface area contributed by atoms with E-state index in [1.54, 1.807) is 24.5 Å². The normalized spacial score (nSPS) is 21.2. The van der Waals surface area contributed by atoms with E-state index < -0.39 is 18.3 Å². The lowest BCUT2D eigenvalue weighted by molar-refractivity contribution is 0.00578. The number of aliphatic hydroxyl groups excluding tert-OH is 1. The topological polar surface area (TPSA) is 77.6 Å². The third-order valence-electron chi connectivity index (χ3n) is 3.97. The summed E-state index contributed by atoms with van der Waals surface area (Å²) in [5.41, 5.74) is 6.97. The Hall–Kier alpha value is -1.37. The van der Waals surface area contributed by atoms with Crippen molar-refractivity contribution in [1.82, 2.24) is 4.98 Å². The third-order valence-corrected chi connectivity index (χ3v) is 3.97. The Labute approximate surface area is 119 Å². The van der Waals surface area contributed by atoms with Crippen LogP contribution in [0.3, 0.4) is 0 Å². The van der Waals surface area contributed by atoms with E-state index >= 15 is 0 Å². The van der Waals surface area contributed by atoms with Gasteiger partial charge in [0.2, 0.25) is 0 Å². The van der Waals surface area contributed by atoms with Gasteiger partial charge in [0.15, 0.2) is 0 Å². The zero-order valence-corrected chi connectivity index (χ0v) is 12.4. The summed E-state index contributed by atoms with van der Waals surface area (Å²) in [4.78, 5) is 3.94. The first-order chi connectivity index (χ1) is 9.27. The molecule has 0 bridgehead atoms. The first-order valence-corrected chi connectivity index (χ1v) is 6.63. The molecule has 1 fully saturated rings. The van der Waals surface area contributed by atoms with Gasteiger partial charge in [-0.25, -0.2) is 0 Å². The van der Waals surface area contributed by atoms with Crippen LogP contribution in [0.5, 0.6) is 0 Å². The summed E-state index contributed by atoms with van der Waals surface area (Å²) in [5.74, 6) is 0. The van der Waals surface area contributed by atoms with E-state index in [4.69, 9.17) is 15.0 Å². The number of aliphatic hydroxyl groups is 1. The molecule has 108 valence electrons. The first-order valence-electron chi connectivity index (χ1n) is 6.63. The second-order valence-corrected chi connectivity index (χ2v) is 5.97. The molecule has 20 heavy (non-hydrogen) atoms. The highest BCUT2D eigenvalue weighted by molar-refractivity contribution is 6.55. The molecule has 2 rings (SSSR count). The Balaban J connectivity index is 2.29. The minimum atomic E-state index is -0.572. The van der Waals surface area contributed by atoms with E-state index in [0.717, 1.165) is 5.56 Å². The SMILES string of the molecule is CC1(C)OB(C(=Cc2ccncc2N)CO)OC1(C)C. The van der Waals surface area contributed by atoms with Crippen LogP contribution < -0.4 is 5.73 Å². The summed E-state index contributed by atoms with van der Waals surface area (Å²) in [6.07, 6.45) is 5.02. The minimum absolute atomic E-state index is 0.154. The molecule has 1 aromatic heterocycles. The number of hydrogen-bond acceptors (Lipinski definition) is 5. The lowest BCUT2D eigenvalue weighted by Gasteiger charge is -2.32. The average molecular weight is 276 g/mol. The highest BCUT2D eigenvalue weighted by Crippen LogP contribution is 2.38. The van der Waals surface area contributed by atoms with Crippen molar-refractivity contribution in [3.63, 3.8) is 0 Å². The maximum Gasteiger partial charge on any atom is 0.492 e. The number of hydrogen-bond donors (Lipinski definition) is 2. The van der Waals surface area contributed by atoms with Gasteiger partial charge in [-0.2, -0.15) is 0 Å². The van der Waals surface area contributed by atoms with Crippen molar-refractivity contribution in [2.75, 3.05) is 12.3 Å². The van der Waals surface area contributed by atoms with Gasteiger partial charge in [-0.1, -0.05) is 6.08 Å². The lowest BCUT2D eigenvalue weighted by atomic mass is 9.77. The molecule has 1 saturated heterocycles. The second kappa shape index (κ2) is 5.20. The van der Waals surface area contributed by atoms with Crippen LogP contribution in [0.4, 0.5) is 5.69 Å². The Morgan fingerprint density at radius 2 is 1.95 bits per heavy atom. The molecule has 0 aromatic carbocycles. The van der Waals surface area contributed by atoms with Crippen LogP contribution in [0, 0.1) is 0 Å². The van der Waals surface area contributed by atoms with Crippen LogP contribution in [-0.2, 0) is 9.31 Å². The maximum absolute atomic E-state index is 9.59. The summed E-state index contributed by atoms with van der Waals surface area (Å²) in [6, 6.07) is 1.79. The quantitative estimate of drug-likeness (QED) is 0.821. The van der Waals surface area contributed by atoms with Crippen LogP contribution in [0.1, 0.15) is 33.3 Å². The van der Waals surface area contributed by atoms with Gasteiger partial charge in [0, 0.05) is 6.20 Å². The number of aromatic nitrogens is 1. The predicted octanol–water partition coefficient (Wildman–Crippen LogP) is 1.67. The number of anilines is 1. The van der Waals surface area contributed by atoms with Crippen LogP contribution in [-0.4, -0.2) is 35.0 Å². The fourth-order valence-corrected chi connectivity index (χ4v) is 1.93. The highest BCUT2D eigenvalue weighted by Gasteiger charge is 2.52. The average Bonchev–Trinajstić information content (AvgIpc) is 2.57. The molecule has 0 unspecified atom stereocenters. The molecule has 1 aromatic rings. The third kappa shape index (κ3) is 2.72. The van der Waals surface area contributed by atoms with Crippen LogP contribution in [0.25, 0.3) is 6.08 Å². The predicted molar refractivity (Wildman–Crippen MR) is 79.8 cm³/mol. The molecule has 0 atom stereocenters. The summed E-state index contributed by atoms with van der Waals surface area (Å²) in [7, 11) is -0.572. The van der Waals surface area contributed by atoms with Crippen molar-refractivity contribution < 1.29 is 14.4 Å². The standard InChI is InChI=1S/C14H21BN2O3/c1-13(2)14(3,4)20-15(19-13)11(9-18)7-10-5-6-17-8-12(10)16/h5-8,18H,9,16H2,1-4H3. The molecule has 0 aliphatic carbocycles. The van der Waals surface area contributed by atoms with Gasteiger partial charge in [0.25, 0.3) is 0 Å². The van der Waals surface area contributed by atoms with Gasteiger partial charge in [0.1, 0.15) is 0 Å². The van der Waals surface area contributed by atoms with Crippen molar-refractivity contribution in [3.05, 3.63) is 29.5 Å². The molecule has 5 nitrogen and oxygen atoms in total. The van der Waals surface area contributed by atoms with E-state index in [9.17, 15) is 5.11 Å². The first kappa shape index (κ1) is 15.0. The van der Waals surface area contributed by atoms with Gasteiger partial charge in [0.05, 0.1) is 29.7 Å². The summed E-state index contributed by atoms with van der Waals surface area (Å²) in [6.45, 7) is 7.75. The Morgan fingerprint density at radius 1 is 1.35 bits per heavy atom. The van der Waals surface area contributed by atoms with Gasteiger partial charge in [-0.3, -0.25) is 4.98 Å². The second-order valence-electron chi connectivity index (χ2n) is 5.97. The molecule has 0 saturated carbocycles. The van der Waals surface area contributed by atoms with Crippen molar-refractivity contribution in [2.45, 2.75) is 38.9 Å². The van der Waals surface area contributed by atoms with E-state index in [1.807, 2.05) is 27.7 Å². The molecule has 0 amide bonds. The number of rotatable bonds is 3. The van der Waals surface area contributed by atoms with Crippen molar-refractivity contribution >= 4 is 18.9 Å². The summed E-state index contributed by atoms with van der Waals surface area (Å²) < 4.78 is 11.8. The monoisotopic (exact) mass is 276 g/mol. The fourth-order valence-electron chi connectivity index (χ4n) is 1.93.